The van der Waals surface area contributed by atoms with Crippen LogP contribution in [0.4, 0.5) is 5.69 Å². The smallest absolute Gasteiger partial charge is 0.279 e. The third-order valence-corrected chi connectivity index (χ3v) is 4.01. The highest BCUT2D eigenvalue weighted by molar-refractivity contribution is 7.92. The number of aromatic nitrogens is 2. The Hall–Kier alpha value is -1.86. The number of nitrogens with one attached hydrogen (secondary N) is 3. The summed E-state index contributed by atoms with van der Waals surface area (Å²) in [6.07, 6.45) is 1.50. The molecule has 0 amide bonds. The molecule has 1 aromatic heterocycles. The van der Waals surface area contributed by atoms with E-state index in [1.807, 2.05) is 19.1 Å². The van der Waals surface area contributed by atoms with Gasteiger partial charge in [-0.3, -0.25) is 9.82 Å². The van der Waals surface area contributed by atoms with E-state index in [9.17, 15) is 8.42 Å². The summed E-state index contributed by atoms with van der Waals surface area (Å²) in [5.74, 6) is 0. The summed E-state index contributed by atoms with van der Waals surface area (Å²) in [6.45, 7) is 2.37. The van der Waals surface area contributed by atoms with Crippen LogP contribution in [0.3, 0.4) is 0 Å². The second kappa shape index (κ2) is 5.41. The van der Waals surface area contributed by atoms with Crippen LogP contribution in [0.5, 0.6) is 0 Å². The second-order valence-corrected chi connectivity index (χ2v) is 5.85. The van der Waals surface area contributed by atoms with Gasteiger partial charge in [0.25, 0.3) is 10.0 Å². The number of sulfonamides is 1. The molecule has 102 valence electrons. The zero-order valence-electron chi connectivity index (χ0n) is 10.8. The van der Waals surface area contributed by atoms with E-state index in [0.717, 1.165) is 5.56 Å². The van der Waals surface area contributed by atoms with Crippen LogP contribution in [0, 0.1) is 6.92 Å². The Kier molecular flexibility index (Phi) is 3.87. The largest absolute Gasteiger partial charge is 0.316 e. The monoisotopic (exact) mass is 280 g/mol. The van der Waals surface area contributed by atoms with Crippen LogP contribution in [0.1, 0.15) is 11.1 Å². The first-order valence-corrected chi connectivity index (χ1v) is 7.27. The minimum Gasteiger partial charge on any atom is -0.316 e. The lowest BCUT2D eigenvalue weighted by atomic mass is 10.2. The molecule has 1 aromatic carbocycles. The molecule has 19 heavy (non-hydrogen) atoms. The molecule has 0 aliphatic rings. The number of hydrogen-bond donors (Lipinski definition) is 3. The summed E-state index contributed by atoms with van der Waals surface area (Å²) >= 11 is 0. The quantitative estimate of drug-likeness (QED) is 0.769. The third kappa shape index (κ3) is 3.12. The fourth-order valence-electron chi connectivity index (χ4n) is 1.68. The molecule has 0 saturated carbocycles. The maximum atomic E-state index is 12.2. The highest BCUT2D eigenvalue weighted by atomic mass is 32.2. The van der Waals surface area contributed by atoms with E-state index in [0.29, 0.717) is 17.8 Å². The van der Waals surface area contributed by atoms with Gasteiger partial charge in [0.2, 0.25) is 0 Å². The van der Waals surface area contributed by atoms with Crippen molar-refractivity contribution in [2.75, 3.05) is 11.8 Å². The van der Waals surface area contributed by atoms with E-state index in [-0.39, 0.29) is 5.03 Å². The minimum absolute atomic E-state index is 0.0856. The molecule has 0 radical (unpaired) electrons. The van der Waals surface area contributed by atoms with E-state index < -0.39 is 10.0 Å². The topological polar surface area (TPSA) is 86.9 Å². The molecule has 0 spiro atoms. The fourth-order valence-corrected chi connectivity index (χ4v) is 2.87. The summed E-state index contributed by atoms with van der Waals surface area (Å²) in [6, 6.07) is 7.14. The maximum Gasteiger partial charge on any atom is 0.279 e. The molecule has 0 aliphatic carbocycles. The number of benzene rings is 1. The molecule has 0 atom stereocenters. The molecule has 7 heteroatoms. The summed E-state index contributed by atoms with van der Waals surface area (Å²) in [7, 11) is -1.90. The molecule has 2 aromatic rings. The summed E-state index contributed by atoms with van der Waals surface area (Å²) < 4.78 is 27.0. The Labute approximate surface area is 112 Å². The van der Waals surface area contributed by atoms with Gasteiger partial charge < -0.3 is 5.32 Å². The van der Waals surface area contributed by atoms with Crippen molar-refractivity contribution in [3.8, 4) is 0 Å². The number of aryl methyl sites for hydroxylation is 1. The molecule has 6 nitrogen and oxygen atoms in total. The van der Waals surface area contributed by atoms with Crippen LogP contribution in [0.2, 0.25) is 0 Å². The molecule has 0 aliphatic heterocycles. The molecule has 3 N–H and O–H groups in total. The molecule has 1 heterocycles. The lowest BCUT2D eigenvalue weighted by molar-refractivity contribution is 0.595. The number of nitrogens with zero attached hydrogens (tertiary/aromatic N) is 1. The highest BCUT2D eigenvalue weighted by Crippen LogP contribution is 2.17. The Morgan fingerprint density at radius 1 is 1.26 bits per heavy atom. The molecule has 0 unspecified atom stereocenters. The van der Waals surface area contributed by atoms with Gasteiger partial charge >= 0.3 is 0 Å². The third-order valence-electron chi connectivity index (χ3n) is 2.62. The van der Waals surface area contributed by atoms with Gasteiger partial charge in [0.15, 0.2) is 5.03 Å². The van der Waals surface area contributed by atoms with Gasteiger partial charge in [-0.05, 0) is 26.1 Å². The maximum absolute atomic E-state index is 12.2. The van der Waals surface area contributed by atoms with Gasteiger partial charge in [-0.1, -0.05) is 17.7 Å². The van der Waals surface area contributed by atoms with Gasteiger partial charge in [0.1, 0.15) is 0 Å². The van der Waals surface area contributed by atoms with E-state index in [2.05, 4.69) is 20.2 Å². The molecule has 2 rings (SSSR count). The first kappa shape index (κ1) is 13.6. The lowest BCUT2D eigenvalue weighted by Crippen LogP contribution is -2.17. The van der Waals surface area contributed by atoms with Crippen molar-refractivity contribution >= 4 is 15.7 Å². The number of anilines is 1. The summed E-state index contributed by atoms with van der Waals surface area (Å²) in [5.41, 5.74) is 2.19. The molecule has 0 fully saturated rings. The van der Waals surface area contributed by atoms with Gasteiger partial charge in [0.05, 0.1) is 6.20 Å². The van der Waals surface area contributed by atoms with Crippen molar-refractivity contribution in [1.82, 2.24) is 15.5 Å². The van der Waals surface area contributed by atoms with E-state index in [1.54, 1.807) is 19.2 Å². The standard InChI is InChI=1S/C12H16N4O2S/c1-9-3-5-11(6-4-9)16-19(17,18)12-10(7-13-2)8-14-15-12/h3-6,8,13,16H,7H2,1-2H3,(H,14,15). The van der Waals surface area contributed by atoms with Gasteiger partial charge in [-0.2, -0.15) is 13.5 Å². The average Bonchev–Trinajstić information content (AvgIpc) is 2.81. The minimum atomic E-state index is -3.64. The Morgan fingerprint density at radius 3 is 2.58 bits per heavy atom. The first-order chi connectivity index (χ1) is 9.03. The van der Waals surface area contributed by atoms with Crippen LogP contribution in [-0.4, -0.2) is 25.7 Å². The van der Waals surface area contributed by atoms with Crippen LogP contribution in [-0.2, 0) is 16.6 Å². The Morgan fingerprint density at radius 2 is 1.95 bits per heavy atom. The van der Waals surface area contributed by atoms with Crippen molar-refractivity contribution in [1.29, 1.82) is 0 Å². The van der Waals surface area contributed by atoms with E-state index in [1.165, 1.54) is 6.20 Å². The molecule has 0 saturated heterocycles. The second-order valence-electron chi connectivity index (χ2n) is 4.23. The predicted octanol–water partition coefficient (Wildman–Crippen LogP) is 1.24. The van der Waals surface area contributed by atoms with Crippen LogP contribution < -0.4 is 10.0 Å². The lowest BCUT2D eigenvalue weighted by Gasteiger charge is -2.08. The zero-order valence-corrected chi connectivity index (χ0v) is 11.6. The van der Waals surface area contributed by atoms with Crippen molar-refractivity contribution in [3.05, 3.63) is 41.6 Å². The normalized spacial score (nSPS) is 11.5. The summed E-state index contributed by atoms with van der Waals surface area (Å²) in [4.78, 5) is 0. The van der Waals surface area contributed by atoms with Crippen LogP contribution >= 0.6 is 0 Å². The fraction of sp³-hybridized carbons (Fsp3) is 0.250. The van der Waals surface area contributed by atoms with Crippen molar-refractivity contribution in [3.63, 3.8) is 0 Å². The first-order valence-electron chi connectivity index (χ1n) is 5.79. The number of hydrogen-bond acceptors (Lipinski definition) is 4. The highest BCUT2D eigenvalue weighted by Gasteiger charge is 2.20. The van der Waals surface area contributed by atoms with E-state index in [4.69, 9.17) is 0 Å². The van der Waals surface area contributed by atoms with Crippen molar-refractivity contribution in [2.24, 2.45) is 0 Å². The Bertz CT molecular complexity index is 647. The average molecular weight is 280 g/mol. The van der Waals surface area contributed by atoms with Gasteiger partial charge in [-0.25, -0.2) is 0 Å². The Balaban J connectivity index is 2.27. The SMILES string of the molecule is CNCc1cn[nH]c1S(=O)(=O)Nc1ccc(C)cc1. The van der Waals surface area contributed by atoms with Crippen molar-refractivity contribution < 1.29 is 8.42 Å². The van der Waals surface area contributed by atoms with Gasteiger partial charge in [0, 0.05) is 17.8 Å². The molecule has 0 bridgehead atoms. The summed E-state index contributed by atoms with van der Waals surface area (Å²) in [5, 5.41) is 9.29. The van der Waals surface area contributed by atoms with Gasteiger partial charge in [-0.15, -0.1) is 0 Å². The zero-order chi connectivity index (χ0) is 13.9. The van der Waals surface area contributed by atoms with Crippen LogP contribution in [0.15, 0.2) is 35.5 Å². The number of H-pyrrole nitrogens is 1. The van der Waals surface area contributed by atoms with E-state index >= 15 is 0 Å². The molecular weight excluding hydrogens is 264 g/mol. The predicted molar refractivity (Wildman–Crippen MR) is 73.3 cm³/mol. The number of aromatic amines is 1. The number of rotatable bonds is 5. The molecular formula is C12H16N4O2S. The van der Waals surface area contributed by atoms with Crippen molar-refractivity contribution in [2.45, 2.75) is 18.5 Å². The van der Waals surface area contributed by atoms with Crippen LogP contribution in [0.25, 0.3) is 0 Å².